The number of rotatable bonds is 10. The summed E-state index contributed by atoms with van der Waals surface area (Å²) in [6, 6.07) is 13.9. The number of hydrogen-bond donors (Lipinski definition) is 2. The molecule has 1 aromatic carbocycles. The number of nitrogens with zero attached hydrogens (tertiary/aromatic N) is 2. The summed E-state index contributed by atoms with van der Waals surface area (Å²) < 4.78 is 11.4. The van der Waals surface area contributed by atoms with Gasteiger partial charge >= 0.3 is 0 Å². The second kappa shape index (κ2) is 14.2. The second-order valence-electron chi connectivity index (χ2n) is 6.02. The Hall–Kier alpha value is -1.87. The van der Waals surface area contributed by atoms with E-state index in [0.29, 0.717) is 32.3 Å². The van der Waals surface area contributed by atoms with E-state index < -0.39 is 0 Å². The Morgan fingerprint density at radius 2 is 1.96 bits per heavy atom. The molecule has 0 aliphatic carbocycles. The summed E-state index contributed by atoms with van der Waals surface area (Å²) >= 11 is 0. The first-order valence-corrected chi connectivity index (χ1v) is 8.87. The maximum Gasteiger partial charge on any atom is 0.191 e. The van der Waals surface area contributed by atoms with Crippen molar-refractivity contribution in [3.05, 3.63) is 60.4 Å². The molecule has 0 saturated heterocycles. The van der Waals surface area contributed by atoms with E-state index in [0.717, 1.165) is 18.3 Å². The van der Waals surface area contributed by atoms with Gasteiger partial charge < -0.3 is 20.1 Å². The second-order valence-corrected chi connectivity index (χ2v) is 6.02. The number of guanidine groups is 1. The van der Waals surface area contributed by atoms with Gasteiger partial charge in [-0.1, -0.05) is 37.3 Å². The van der Waals surface area contributed by atoms with Crippen LogP contribution in [0, 0.1) is 5.92 Å². The Morgan fingerprint density at radius 3 is 2.67 bits per heavy atom. The number of aromatic nitrogens is 1. The van der Waals surface area contributed by atoms with Crippen molar-refractivity contribution in [1.82, 2.24) is 15.6 Å². The summed E-state index contributed by atoms with van der Waals surface area (Å²) in [7, 11) is 1.76. The zero-order valence-electron chi connectivity index (χ0n) is 15.9. The summed E-state index contributed by atoms with van der Waals surface area (Å²) in [6.07, 6.45) is 3.42. The Labute approximate surface area is 178 Å². The van der Waals surface area contributed by atoms with Gasteiger partial charge in [0.2, 0.25) is 0 Å². The van der Waals surface area contributed by atoms with Gasteiger partial charge in [0, 0.05) is 19.8 Å². The minimum atomic E-state index is 0. The quantitative estimate of drug-likeness (QED) is 0.235. The Kier molecular flexibility index (Phi) is 12.2. The summed E-state index contributed by atoms with van der Waals surface area (Å²) in [5.74, 6) is 1.90. The minimum absolute atomic E-state index is 0. The van der Waals surface area contributed by atoms with Crippen LogP contribution >= 0.6 is 24.0 Å². The lowest BCUT2D eigenvalue weighted by Crippen LogP contribution is -2.41. The van der Waals surface area contributed by atoms with Crippen molar-refractivity contribution < 1.29 is 9.47 Å². The molecule has 0 aliphatic heterocycles. The maximum absolute atomic E-state index is 5.77. The third kappa shape index (κ3) is 10.1. The Morgan fingerprint density at radius 1 is 1.15 bits per heavy atom. The highest BCUT2D eigenvalue weighted by molar-refractivity contribution is 14.0. The fourth-order valence-corrected chi connectivity index (χ4v) is 2.27. The van der Waals surface area contributed by atoms with Crippen molar-refractivity contribution in [3.8, 4) is 5.75 Å². The first kappa shape index (κ1) is 23.2. The molecule has 7 heteroatoms. The third-order valence-corrected chi connectivity index (χ3v) is 3.65. The van der Waals surface area contributed by atoms with Crippen LogP contribution in [0.5, 0.6) is 5.75 Å². The van der Waals surface area contributed by atoms with Crippen LogP contribution in [0.15, 0.2) is 59.9 Å². The van der Waals surface area contributed by atoms with Crippen LogP contribution < -0.4 is 15.4 Å². The molecule has 2 N–H and O–H groups in total. The van der Waals surface area contributed by atoms with Crippen molar-refractivity contribution in [1.29, 1.82) is 0 Å². The Bertz CT molecular complexity index is 641. The van der Waals surface area contributed by atoms with Gasteiger partial charge in [-0.2, -0.15) is 0 Å². The minimum Gasteiger partial charge on any atom is -0.490 e. The average Bonchev–Trinajstić information content (AvgIpc) is 2.69. The SMILES string of the molecule is CN=C(NCCOc1cccnc1)NCC(C)COCc1ccccc1.I. The molecule has 1 unspecified atom stereocenters. The van der Waals surface area contributed by atoms with E-state index in [1.54, 1.807) is 19.4 Å². The third-order valence-electron chi connectivity index (χ3n) is 3.65. The molecule has 6 nitrogen and oxygen atoms in total. The molecule has 1 heterocycles. The standard InChI is InChI=1S/C20H28N4O2.HI/c1-17(15-25-16-18-7-4-3-5-8-18)13-24-20(21-2)23-11-12-26-19-9-6-10-22-14-19;/h3-10,14,17H,11-13,15-16H2,1-2H3,(H2,21,23,24);1H. The van der Waals surface area contributed by atoms with Gasteiger partial charge in [-0.15, -0.1) is 24.0 Å². The molecule has 2 aromatic rings. The first-order valence-electron chi connectivity index (χ1n) is 8.87. The van der Waals surface area contributed by atoms with Crippen LogP contribution in [0.3, 0.4) is 0 Å². The molecule has 0 aliphatic rings. The predicted octanol–water partition coefficient (Wildman–Crippen LogP) is 3.10. The van der Waals surface area contributed by atoms with Gasteiger partial charge in [-0.05, 0) is 23.6 Å². The number of benzene rings is 1. The number of aliphatic imine (C=N–C) groups is 1. The largest absolute Gasteiger partial charge is 0.490 e. The summed E-state index contributed by atoms with van der Waals surface area (Å²) in [6.45, 7) is 5.48. The van der Waals surface area contributed by atoms with Crippen LogP contribution in [-0.4, -0.2) is 44.3 Å². The molecular weight excluding hydrogens is 455 g/mol. The van der Waals surface area contributed by atoms with E-state index in [4.69, 9.17) is 9.47 Å². The first-order chi connectivity index (χ1) is 12.8. The summed E-state index contributed by atoms with van der Waals surface area (Å²) in [5.41, 5.74) is 1.19. The molecule has 0 fully saturated rings. The molecule has 0 spiro atoms. The normalized spacial score (nSPS) is 12.0. The van der Waals surface area contributed by atoms with Gasteiger partial charge in [0.1, 0.15) is 12.4 Å². The van der Waals surface area contributed by atoms with Gasteiger partial charge in [0.15, 0.2) is 5.96 Å². The molecule has 2 rings (SSSR count). The summed E-state index contributed by atoms with van der Waals surface area (Å²) in [5, 5.41) is 6.54. The lowest BCUT2D eigenvalue weighted by atomic mass is 10.2. The molecule has 0 radical (unpaired) electrons. The van der Waals surface area contributed by atoms with Crippen molar-refractivity contribution in [2.45, 2.75) is 13.5 Å². The van der Waals surface area contributed by atoms with E-state index in [-0.39, 0.29) is 24.0 Å². The molecule has 1 atom stereocenters. The molecule has 0 amide bonds. The lowest BCUT2D eigenvalue weighted by Gasteiger charge is -2.16. The Balaban J connectivity index is 0.00000364. The zero-order valence-corrected chi connectivity index (χ0v) is 18.3. The van der Waals surface area contributed by atoms with Gasteiger partial charge in [0.05, 0.1) is 26.0 Å². The van der Waals surface area contributed by atoms with Gasteiger partial charge in [-0.25, -0.2) is 0 Å². The maximum atomic E-state index is 5.77. The molecule has 27 heavy (non-hydrogen) atoms. The van der Waals surface area contributed by atoms with Gasteiger partial charge in [0.25, 0.3) is 0 Å². The van der Waals surface area contributed by atoms with Crippen molar-refractivity contribution in [3.63, 3.8) is 0 Å². The van der Waals surface area contributed by atoms with Crippen LogP contribution in [0.25, 0.3) is 0 Å². The molecule has 148 valence electrons. The molecular formula is C20H29IN4O2. The number of hydrogen-bond acceptors (Lipinski definition) is 4. The van der Waals surface area contributed by atoms with Gasteiger partial charge in [-0.3, -0.25) is 9.98 Å². The lowest BCUT2D eigenvalue weighted by molar-refractivity contribution is 0.0931. The monoisotopic (exact) mass is 484 g/mol. The highest BCUT2D eigenvalue weighted by atomic mass is 127. The average molecular weight is 484 g/mol. The molecule has 1 aromatic heterocycles. The number of pyridine rings is 1. The topological polar surface area (TPSA) is 67.8 Å². The fourth-order valence-electron chi connectivity index (χ4n) is 2.27. The van der Waals surface area contributed by atoms with Crippen LogP contribution in [-0.2, 0) is 11.3 Å². The predicted molar refractivity (Wildman–Crippen MR) is 120 cm³/mol. The van der Waals surface area contributed by atoms with Crippen molar-refractivity contribution >= 4 is 29.9 Å². The van der Waals surface area contributed by atoms with E-state index >= 15 is 0 Å². The number of nitrogens with one attached hydrogen (secondary N) is 2. The summed E-state index contributed by atoms with van der Waals surface area (Å²) in [4.78, 5) is 8.23. The number of halogens is 1. The van der Waals surface area contributed by atoms with Crippen molar-refractivity contribution in [2.75, 3.05) is 33.4 Å². The van der Waals surface area contributed by atoms with E-state index in [9.17, 15) is 0 Å². The fraction of sp³-hybridized carbons (Fsp3) is 0.400. The molecule has 0 saturated carbocycles. The smallest absolute Gasteiger partial charge is 0.191 e. The highest BCUT2D eigenvalue weighted by Gasteiger charge is 2.05. The van der Waals surface area contributed by atoms with Crippen LogP contribution in [0.2, 0.25) is 0 Å². The van der Waals surface area contributed by atoms with Crippen molar-refractivity contribution in [2.24, 2.45) is 10.9 Å². The zero-order chi connectivity index (χ0) is 18.5. The molecule has 0 bridgehead atoms. The number of ether oxygens (including phenoxy) is 2. The van der Waals surface area contributed by atoms with Crippen LogP contribution in [0.4, 0.5) is 0 Å². The van der Waals surface area contributed by atoms with E-state index in [1.165, 1.54) is 5.56 Å². The van der Waals surface area contributed by atoms with Crippen LogP contribution in [0.1, 0.15) is 12.5 Å². The van der Waals surface area contributed by atoms with E-state index in [1.807, 2.05) is 30.3 Å². The highest BCUT2D eigenvalue weighted by Crippen LogP contribution is 2.05. The van der Waals surface area contributed by atoms with E-state index in [2.05, 4.69) is 39.7 Å².